The number of carbonyl (C=O) groups excluding carboxylic acids is 2. The van der Waals surface area contributed by atoms with Gasteiger partial charge in [-0.15, -0.1) is 0 Å². The van der Waals surface area contributed by atoms with Crippen LogP contribution in [0.15, 0.2) is 29.4 Å². The Morgan fingerprint density at radius 1 is 1.17 bits per heavy atom. The highest BCUT2D eigenvalue weighted by molar-refractivity contribution is 7.80. The van der Waals surface area contributed by atoms with E-state index in [1.165, 1.54) is 11.1 Å². The minimum absolute atomic E-state index is 0.00848. The van der Waals surface area contributed by atoms with Gasteiger partial charge >= 0.3 is 11.8 Å². The van der Waals surface area contributed by atoms with Crippen LogP contribution in [-0.4, -0.2) is 46.2 Å². The van der Waals surface area contributed by atoms with Crippen molar-refractivity contribution in [3.8, 4) is 5.75 Å². The predicted molar refractivity (Wildman–Crippen MR) is 93.8 cm³/mol. The Morgan fingerprint density at radius 3 is 2.58 bits per heavy atom. The normalized spacial score (nSPS) is 19.6. The zero-order valence-corrected chi connectivity index (χ0v) is 14.3. The summed E-state index contributed by atoms with van der Waals surface area (Å²) < 4.78 is 5.25. The first-order chi connectivity index (χ1) is 11.6. The fourth-order valence-corrected chi connectivity index (χ4v) is 3.49. The van der Waals surface area contributed by atoms with Gasteiger partial charge in [-0.05, 0) is 37.2 Å². The highest BCUT2D eigenvalue weighted by atomic mass is 32.1. The molecule has 6 nitrogen and oxygen atoms in total. The van der Waals surface area contributed by atoms with Gasteiger partial charge < -0.3 is 4.74 Å². The highest BCUT2D eigenvalue weighted by Gasteiger charge is 2.45. The first-order valence-corrected chi connectivity index (χ1v) is 8.43. The second-order valence-corrected chi connectivity index (χ2v) is 6.22. The van der Waals surface area contributed by atoms with Gasteiger partial charge in [0.2, 0.25) is 5.11 Å². The molecule has 1 heterocycles. The molecule has 0 atom stereocenters. The summed E-state index contributed by atoms with van der Waals surface area (Å²) in [6.07, 6.45) is 6.51. The molecule has 7 heteroatoms. The van der Waals surface area contributed by atoms with E-state index in [0.29, 0.717) is 11.3 Å². The molecule has 2 aliphatic rings. The number of thiocarbonyl (C=S) groups is 1. The van der Waals surface area contributed by atoms with Crippen LogP contribution >= 0.6 is 12.2 Å². The smallest absolute Gasteiger partial charge is 0.339 e. The van der Waals surface area contributed by atoms with Crippen LogP contribution in [0.3, 0.4) is 0 Å². The van der Waals surface area contributed by atoms with Crippen LogP contribution in [0.2, 0.25) is 0 Å². The van der Waals surface area contributed by atoms with Crippen molar-refractivity contribution < 1.29 is 14.3 Å². The molecule has 0 unspecified atom stereocenters. The van der Waals surface area contributed by atoms with Gasteiger partial charge in [-0.25, -0.2) is 0 Å². The molecule has 1 saturated heterocycles. The minimum atomic E-state index is -0.697. The lowest BCUT2D eigenvalue weighted by Crippen LogP contribution is -2.41. The van der Waals surface area contributed by atoms with Crippen LogP contribution in [0.4, 0.5) is 0 Å². The number of amides is 2. The molecule has 1 aliphatic heterocycles. The van der Waals surface area contributed by atoms with Crippen molar-refractivity contribution >= 4 is 35.4 Å². The SMILES string of the molecule is COc1ccccc1/C=N/N1C(=O)C(=O)N(C2CCCCC2)C1=S. The van der Waals surface area contributed by atoms with E-state index in [1.54, 1.807) is 13.2 Å². The first kappa shape index (κ1) is 16.6. The van der Waals surface area contributed by atoms with Crippen molar-refractivity contribution in [2.75, 3.05) is 7.11 Å². The number of hydrazone groups is 1. The summed E-state index contributed by atoms with van der Waals surface area (Å²) in [7, 11) is 1.56. The quantitative estimate of drug-likeness (QED) is 0.477. The maximum absolute atomic E-state index is 12.3. The van der Waals surface area contributed by atoms with Gasteiger partial charge in [0.25, 0.3) is 0 Å². The van der Waals surface area contributed by atoms with E-state index >= 15 is 0 Å². The summed E-state index contributed by atoms with van der Waals surface area (Å²) in [5, 5.41) is 5.32. The second-order valence-electron chi connectivity index (χ2n) is 5.85. The summed E-state index contributed by atoms with van der Waals surface area (Å²) in [5.41, 5.74) is 0.708. The van der Waals surface area contributed by atoms with Gasteiger partial charge in [-0.1, -0.05) is 31.4 Å². The van der Waals surface area contributed by atoms with E-state index in [-0.39, 0.29) is 11.2 Å². The Labute approximate surface area is 146 Å². The number of hydrogen-bond donors (Lipinski definition) is 0. The Hall–Kier alpha value is -2.28. The van der Waals surface area contributed by atoms with Crippen LogP contribution in [0.5, 0.6) is 5.75 Å². The zero-order valence-electron chi connectivity index (χ0n) is 13.5. The molecule has 1 aromatic rings. The molecule has 2 fully saturated rings. The van der Waals surface area contributed by atoms with Crippen molar-refractivity contribution in [3.05, 3.63) is 29.8 Å². The van der Waals surface area contributed by atoms with Gasteiger partial charge in [0.15, 0.2) is 0 Å². The van der Waals surface area contributed by atoms with Gasteiger partial charge in [0.1, 0.15) is 5.75 Å². The third kappa shape index (κ3) is 3.03. The number of carbonyl (C=O) groups is 2. The Balaban J connectivity index is 1.81. The number of ether oxygens (including phenoxy) is 1. The van der Waals surface area contributed by atoms with E-state index in [9.17, 15) is 9.59 Å². The van der Waals surface area contributed by atoms with E-state index in [1.807, 2.05) is 18.2 Å². The predicted octanol–water partition coefficient (Wildman–Crippen LogP) is 2.32. The average molecular weight is 345 g/mol. The molecular weight excluding hydrogens is 326 g/mol. The lowest BCUT2D eigenvalue weighted by atomic mass is 9.94. The maximum Gasteiger partial charge on any atom is 0.339 e. The van der Waals surface area contributed by atoms with Crippen LogP contribution < -0.4 is 4.74 Å². The number of hydrogen-bond acceptors (Lipinski definition) is 5. The summed E-state index contributed by atoms with van der Waals surface area (Å²) >= 11 is 5.34. The molecule has 0 bridgehead atoms. The third-order valence-corrected chi connectivity index (χ3v) is 4.74. The van der Waals surface area contributed by atoms with Crippen LogP contribution in [0.25, 0.3) is 0 Å². The number of benzene rings is 1. The largest absolute Gasteiger partial charge is 0.496 e. The molecule has 1 saturated carbocycles. The van der Waals surface area contributed by atoms with Crippen LogP contribution in [-0.2, 0) is 9.59 Å². The minimum Gasteiger partial charge on any atom is -0.496 e. The van der Waals surface area contributed by atoms with E-state index < -0.39 is 11.8 Å². The molecule has 0 spiro atoms. The van der Waals surface area contributed by atoms with Gasteiger partial charge in [-0.3, -0.25) is 14.5 Å². The number of rotatable bonds is 4. The van der Waals surface area contributed by atoms with Crippen molar-refractivity contribution in [2.45, 2.75) is 38.1 Å². The molecule has 3 rings (SSSR count). The monoisotopic (exact) mass is 345 g/mol. The molecule has 126 valence electrons. The molecule has 2 amide bonds. The van der Waals surface area contributed by atoms with Crippen molar-refractivity contribution in [1.29, 1.82) is 0 Å². The molecule has 1 aromatic carbocycles. The third-order valence-electron chi connectivity index (χ3n) is 4.37. The fraction of sp³-hybridized carbons (Fsp3) is 0.412. The van der Waals surface area contributed by atoms with Gasteiger partial charge in [0, 0.05) is 11.6 Å². The molecule has 0 N–H and O–H groups in total. The average Bonchev–Trinajstić information content (AvgIpc) is 2.83. The van der Waals surface area contributed by atoms with E-state index in [4.69, 9.17) is 17.0 Å². The van der Waals surface area contributed by atoms with Crippen LogP contribution in [0.1, 0.15) is 37.7 Å². The summed E-state index contributed by atoms with van der Waals surface area (Å²) in [4.78, 5) is 26.0. The van der Waals surface area contributed by atoms with E-state index in [0.717, 1.165) is 37.1 Å². The molecule has 0 radical (unpaired) electrons. The number of methoxy groups -OCH3 is 1. The summed E-state index contributed by atoms with van der Waals surface area (Å²) in [6, 6.07) is 7.30. The Bertz CT molecular complexity index is 698. The van der Waals surface area contributed by atoms with Crippen molar-refractivity contribution in [3.63, 3.8) is 0 Å². The zero-order chi connectivity index (χ0) is 17.1. The summed E-state index contributed by atoms with van der Waals surface area (Å²) in [6.45, 7) is 0. The fourth-order valence-electron chi connectivity index (χ4n) is 3.13. The van der Waals surface area contributed by atoms with Gasteiger partial charge in [-0.2, -0.15) is 10.1 Å². The van der Waals surface area contributed by atoms with Gasteiger partial charge in [0.05, 0.1) is 13.3 Å². The first-order valence-electron chi connectivity index (χ1n) is 8.02. The van der Waals surface area contributed by atoms with Crippen molar-refractivity contribution in [1.82, 2.24) is 9.91 Å². The summed E-state index contributed by atoms with van der Waals surface area (Å²) in [5.74, 6) is -0.643. The Kier molecular flexibility index (Phi) is 4.89. The lowest BCUT2D eigenvalue weighted by molar-refractivity contribution is -0.144. The molecule has 1 aliphatic carbocycles. The second kappa shape index (κ2) is 7.09. The Morgan fingerprint density at radius 2 is 1.88 bits per heavy atom. The lowest BCUT2D eigenvalue weighted by Gasteiger charge is -2.29. The van der Waals surface area contributed by atoms with E-state index in [2.05, 4.69) is 5.10 Å². The van der Waals surface area contributed by atoms with Crippen LogP contribution in [0, 0.1) is 0 Å². The topological polar surface area (TPSA) is 62.2 Å². The highest BCUT2D eigenvalue weighted by Crippen LogP contribution is 2.27. The number of para-hydroxylation sites is 1. The van der Waals surface area contributed by atoms with Crippen molar-refractivity contribution in [2.24, 2.45) is 5.10 Å². The number of nitrogens with zero attached hydrogens (tertiary/aromatic N) is 3. The maximum atomic E-state index is 12.3. The standard InChI is InChI=1S/C17H19N3O3S/c1-23-14-10-6-5-7-12(14)11-18-20-16(22)15(21)19(17(20)24)13-8-3-2-4-9-13/h5-7,10-11,13H,2-4,8-9H2,1H3/b18-11+. The molecular formula is C17H19N3O3S. The molecule has 24 heavy (non-hydrogen) atoms. The molecule has 0 aromatic heterocycles.